The van der Waals surface area contributed by atoms with Crippen LogP contribution in [0.25, 0.3) is 0 Å². The summed E-state index contributed by atoms with van der Waals surface area (Å²) >= 11 is 0. The van der Waals surface area contributed by atoms with Gasteiger partial charge in [0, 0.05) is 0 Å². The summed E-state index contributed by atoms with van der Waals surface area (Å²) in [4.78, 5) is 0. The number of hydrogen-bond donors (Lipinski definition) is 3. The van der Waals surface area contributed by atoms with E-state index in [2.05, 4.69) is 0 Å². The van der Waals surface area contributed by atoms with Gasteiger partial charge >= 0.3 is 0 Å². The molecule has 0 saturated carbocycles. The van der Waals surface area contributed by atoms with E-state index in [1.54, 1.807) is 24.3 Å². The molecule has 0 unspecified atom stereocenters. The molecule has 0 aliphatic carbocycles. The van der Waals surface area contributed by atoms with Crippen molar-refractivity contribution in [1.29, 1.82) is 0 Å². The van der Waals surface area contributed by atoms with Crippen molar-refractivity contribution in [3.05, 3.63) is 42.0 Å². The minimum absolute atomic E-state index is 0.141. The van der Waals surface area contributed by atoms with E-state index in [1.807, 2.05) is 0 Å². The molecule has 2 rings (SSSR count). The minimum atomic E-state index is -1.20. The van der Waals surface area contributed by atoms with Gasteiger partial charge in [0.05, 0.1) is 27.9 Å². The number of hydrogen-bond acceptors (Lipinski definition) is 7. The average Bonchev–Trinajstić information content (AvgIpc) is 2.65. The van der Waals surface area contributed by atoms with Crippen molar-refractivity contribution in [2.75, 3.05) is 27.9 Å². The molecule has 0 heterocycles. The molecule has 0 amide bonds. The molecule has 7 heteroatoms. The van der Waals surface area contributed by atoms with Gasteiger partial charge in [-0.2, -0.15) is 0 Å². The maximum Gasteiger partial charge on any atom is 0.200 e. The van der Waals surface area contributed by atoms with E-state index in [4.69, 9.17) is 18.9 Å². The highest BCUT2D eigenvalue weighted by atomic mass is 16.5. The number of ether oxygens (including phenoxy) is 4. The summed E-state index contributed by atoms with van der Waals surface area (Å²) in [6, 6.07) is 9.83. The SMILES string of the molecule is COc1ccccc1O[C@@H](CO)[C@@H](O)c1cc(OC)c(O)c(OC)c1. The van der Waals surface area contributed by atoms with E-state index in [-0.39, 0.29) is 17.2 Å². The Morgan fingerprint density at radius 2 is 1.40 bits per heavy atom. The lowest BCUT2D eigenvalue weighted by Gasteiger charge is -2.24. The van der Waals surface area contributed by atoms with E-state index in [9.17, 15) is 15.3 Å². The first-order chi connectivity index (χ1) is 12.0. The predicted octanol–water partition coefficient (Wildman–Crippen LogP) is 1.89. The van der Waals surface area contributed by atoms with Gasteiger partial charge in [0.1, 0.15) is 6.10 Å². The van der Waals surface area contributed by atoms with E-state index in [1.165, 1.54) is 33.5 Å². The Morgan fingerprint density at radius 1 is 0.880 bits per heavy atom. The van der Waals surface area contributed by atoms with Gasteiger partial charge in [0.15, 0.2) is 29.1 Å². The summed E-state index contributed by atoms with van der Waals surface area (Å²) in [5.74, 6) is 0.978. The Bertz CT molecular complexity index is 677. The normalized spacial score (nSPS) is 13.0. The van der Waals surface area contributed by atoms with Crippen LogP contribution in [0.2, 0.25) is 0 Å². The van der Waals surface area contributed by atoms with Crippen LogP contribution in [0.3, 0.4) is 0 Å². The highest BCUT2D eigenvalue weighted by Gasteiger charge is 2.26. The highest BCUT2D eigenvalue weighted by Crippen LogP contribution is 2.40. The molecule has 0 radical (unpaired) electrons. The van der Waals surface area contributed by atoms with Crippen molar-refractivity contribution in [2.45, 2.75) is 12.2 Å². The van der Waals surface area contributed by atoms with Gasteiger partial charge in [0.2, 0.25) is 5.75 Å². The molecule has 2 atom stereocenters. The maximum absolute atomic E-state index is 10.6. The Hall–Kier alpha value is -2.64. The van der Waals surface area contributed by atoms with Crippen molar-refractivity contribution < 1.29 is 34.3 Å². The third-order valence-electron chi connectivity index (χ3n) is 3.72. The van der Waals surface area contributed by atoms with Crippen LogP contribution in [0, 0.1) is 0 Å². The van der Waals surface area contributed by atoms with Crippen LogP contribution < -0.4 is 18.9 Å². The Kier molecular flexibility index (Phi) is 6.32. The molecule has 3 N–H and O–H groups in total. The molecule has 2 aromatic carbocycles. The monoisotopic (exact) mass is 350 g/mol. The largest absolute Gasteiger partial charge is 0.502 e. The van der Waals surface area contributed by atoms with Crippen LogP contribution in [0.5, 0.6) is 28.7 Å². The van der Waals surface area contributed by atoms with Gasteiger partial charge in [0.25, 0.3) is 0 Å². The van der Waals surface area contributed by atoms with Crippen molar-refractivity contribution in [1.82, 2.24) is 0 Å². The topological polar surface area (TPSA) is 97.6 Å². The summed E-state index contributed by atoms with van der Waals surface area (Å²) in [5.41, 5.74) is 0.362. The zero-order chi connectivity index (χ0) is 18.4. The maximum atomic E-state index is 10.6. The number of benzene rings is 2. The van der Waals surface area contributed by atoms with Crippen molar-refractivity contribution in [2.24, 2.45) is 0 Å². The van der Waals surface area contributed by atoms with Gasteiger partial charge in [-0.3, -0.25) is 0 Å². The molecule has 2 aromatic rings. The van der Waals surface area contributed by atoms with Crippen LogP contribution >= 0.6 is 0 Å². The van der Waals surface area contributed by atoms with Gasteiger partial charge < -0.3 is 34.3 Å². The number of aromatic hydroxyl groups is 1. The molecule has 0 bridgehead atoms. The third-order valence-corrected chi connectivity index (χ3v) is 3.72. The molecular formula is C18H22O7. The number of phenols is 1. The lowest BCUT2D eigenvalue weighted by molar-refractivity contribution is -0.000610. The van der Waals surface area contributed by atoms with Crippen LogP contribution in [0.1, 0.15) is 11.7 Å². The van der Waals surface area contributed by atoms with Gasteiger partial charge in [-0.05, 0) is 29.8 Å². The average molecular weight is 350 g/mol. The molecule has 0 aliphatic heterocycles. The Balaban J connectivity index is 2.32. The van der Waals surface area contributed by atoms with Crippen LogP contribution in [-0.4, -0.2) is 49.4 Å². The second kappa shape index (κ2) is 8.46. The number of aliphatic hydroxyl groups is 2. The van der Waals surface area contributed by atoms with E-state index in [0.29, 0.717) is 17.1 Å². The van der Waals surface area contributed by atoms with Crippen molar-refractivity contribution >= 4 is 0 Å². The van der Waals surface area contributed by atoms with E-state index < -0.39 is 18.8 Å². The Labute approximate surface area is 146 Å². The number of phenolic OH excluding ortho intramolecular Hbond substituents is 1. The fourth-order valence-electron chi connectivity index (χ4n) is 2.38. The number of rotatable bonds is 8. The number of para-hydroxylation sites is 2. The first-order valence-electron chi connectivity index (χ1n) is 7.59. The molecule has 0 aromatic heterocycles. The first kappa shape index (κ1) is 18.7. The summed E-state index contributed by atoms with van der Waals surface area (Å²) in [7, 11) is 4.28. The molecule has 7 nitrogen and oxygen atoms in total. The molecule has 136 valence electrons. The molecule has 0 aliphatic rings. The number of aliphatic hydroxyl groups excluding tert-OH is 2. The fraction of sp³-hybridized carbons (Fsp3) is 0.333. The highest BCUT2D eigenvalue weighted by molar-refractivity contribution is 5.53. The standard InChI is InChI=1S/C18H22O7/c1-22-12-6-4-5-7-13(12)25-16(10-19)17(20)11-8-14(23-2)18(21)15(9-11)24-3/h4-9,16-17,19-21H,10H2,1-3H3/t16-,17-/m0/s1. The van der Waals surface area contributed by atoms with Crippen molar-refractivity contribution in [3.63, 3.8) is 0 Å². The predicted molar refractivity (Wildman–Crippen MR) is 90.7 cm³/mol. The second-order valence-electron chi connectivity index (χ2n) is 5.21. The van der Waals surface area contributed by atoms with Gasteiger partial charge in [-0.25, -0.2) is 0 Å². The summed E-state index contributed by atoms with van der Waals surface area (Å²) in [6.07, 6.45) is -2.16. The van der Waals surface area contributed by atoms with Crippen LogP contribution in [0.4, 0.5) is 0 Å². The summed E-state index contributed by atoms with van der Waals surface area (Å²) < 4.78 is 21.1. The molecule has 0 saturated heterocycles. The Morgan fingerprint density at radius 3 is 1.88 bits per heavy atom. The first-order valence-corrected chi connectivity index (χ1v) is 7.59. The third kappa shape index (κ3) is 4.07. The minimum Gasteiger partial charge on any atom is -0.502 e. The summed E-state index contributed by atoms with van der Waals surface area (Å²) in [5, 5.41) is 30.2. The summed E-state index contributed by atoms with van der Waals surface area (Å²) in [6.45, 7) is -0.440. The molecule has 0 spiro atoms. The molecule has 25 heavy (non-hydrogen) atoms. The second-order valence-corrected chi connectivity index (χ2v) is 5.21. The lowest BCUT2D eigenvalue weighted by Crippen LogP contribution is -2.29. The quantitative estimate of drug-likeness (QED) is 0.669. The van der Waals surface area contributed by atoms with Crippen LogP contribution in [0.15, 0.2) is 36.4 Å². The number of methoxy groups -OCH3 is 3. The molecular weight excluding hydrogens is 328 g/mol. The van der Waals surface area contributed by atoms with Gasteiger partial charge in [-0.15, -0.1) is 0 Å². The van der Waals surface area contributed by atoms with E-state index in [0.717, 1.165) is 0 Å². The van der Waals surface area contributed by atoms with E-state index >= 15 is 0 Å². The van der Waals surface area contributed by atoms with Crippen LogP contribution in [-0.2, 0) is 0 Å². The molecule has 0 fully saturated rings. The van der Waals surface area contributed by atoms with Crippen molar-refractivity contribution in [3.8, 4) is 28.7 Å². The zero-order valence-corrected chi connectivity index (χ0v) is 14.3. The lowest BCUT2D eigenvalue weighted by atomic mass is 10.0. The zero-order valence-electron chi connectivity index (χ0n) is 14.3. The fourth-order valence-corrected chi connectivity index (χ4v) is 2.38. The van der Waals surface area contributed by atoms with Gasteiger partial charge in [-0.1, -0.05) is 12.1 Å². The smallest absolute Gasteiger partial charge is 0.200 e.